The maximum Gasteiger partial charge on any atom is 0.0718 e. The first-order valence-corrected chi connectivity index (χ1v) is 16.2. The predicted octanol–water partition coefficient (Wildman–Crippen LogP) is 4.23. The summed E-state index contributed by atoms with van der Waals surface area (Å²) >= 11 is 0. The van der Waals surface area contributed by atoms with E-state index in [9.17, 15) is 0 Å². The zero-order valence-electron chi connectivity index (χ0n) is 26.8. The lowest BCUT2D eigenvalue weighted by molar-refractivity contribution is -0.0258. The second-order valence-electron chi connectivity index (χ2n) is 10.0. The molecule has 0 aromatic heterocycles. The SMILES string of the molecule is CCCCCCCCc1ccc(COCCOCCOCCOCCOCCOCCOCCOCCOCCO)cc1. The highest BCUT2D eigenvalue weighted by Crippen LogP contribution is 2.11. The number of ether oxygens (including phenoxy) is 9. The molecule has 1 aromatic rings. The number of unbranched alkanes of at least 4 members (excludes halogenated alkanes) is 5. The fourth-order valence-electron chi connectivity index (χ4n) is 3.93. The predicted molar refractivity (Wildman–Crippen MR) is 167 cm³/mol. The molecular formula is C33H60O10. The second-order valence-corrected chi connectivity index (χ2v) is 10.0. The largest absolute Gasteiger partial charge is 0.394 e. The van der Waals surface area contributed by atoms with E-state index >= 15 is 0 Å². The summed E-state index contributed by atoms with van der Waals surface area (Å²) in [6.07, 6.45) is 9.18. The van der Waals surface area contributed by atoms with E-state index in [0.717, 1.165) is 0 Å². The van der Waals surface area contributed by atoms with Gasteiger partial charge in [0.2, 0.25) is 0 Å². The average molecular weight is 617 g/mol. The van der Waals surface area contributed by atoms with Crippen LogP contribution in [0.3, 0.4) is 0 Å². The molecule has 0 fully saturated rings. The summed E-state index contributed by atoms with van der Waals surface area (Å²) in [5.41, 5.74) is 2.62. The Balaban J connectivity index is 1.72. The molecule has 0 atom stereocenters. The minimum atomic E-state index is 0.0300. The molecular weight excluding hydrogens is 556 g/mol. The van der Waals surface area contributed by atoms with E-state index in [1.807, 2.05) is 0 Å². The van der Waals surface area contributed by atoms with Gasteiger partial charge in [0.1, 0.15) is 0 Å². The molecule has 0 unspecified atom stereocenters. The van der Waals surface area contributed by atoms with E-state index in [-0.39, 0.29) is 6.61 Å². The molecule has 10 heteroatoms. The van der Waals surface area contributed by atoms with E-state index in [1.54, 1.807) is 0 Å². The van der Waals surface area contributed by atoms with E-state index in [4.69, 9.17) is 47.7 Å². The van der Waals surface area contributed by atoms with Gasteiger partial charge in [0.25, 0.3) is 0 Å². The van der Waals surface area contributed by atoms with Crippen LogP contribution in [-0.2, 0) is 55.7 Å². The lowest BCUT2D eigenvalue weighted by atomic mass is 10.0. The third kappa shape index (κ3) is 29.3. The summed E-state index contributed by atoms with van der Waals surface area (Å²) in [4.78, 5) is 0. The zero-order chi connectivity index (χ0) is 30.7. The highest BCUT2D eigenvalue weighted by Gasteiger charge is 1.99. The van der Waals surface area contributed by atoms with Crippen molar-refractivity contribution < 1.29 is 47.7 Å². The summed E-state index contributed by atoms with van der Waals surface area (Å²) < 4.78 is 49.1. The van der Waals surface area contributed by atoms with E-state index < -0.39 is 0 Å². The standard InChI is InChI=1S/C33H60O10/c1-2-3-4-5-6-7-8-32-9-11-33(12-10-32)31-43-30-29-42-28-27-41-26-25-40-24-23-39-22-21-38-20-19-37-18-17-36-16-15-35-14-13-34/h9-12,34H,2-8,13-31H2,1H3. The van der Waals surface area contributed by atoms with Gasteiger partial charge in [-0.3, -0.25) is 0 Å². The van der Waals surface area contributed by atoms with E-state index in [0.29, 0.717) is 119 Å². The Morgan fingerprint density at radius 2 is 0.721 bits per heavy atom. The van der Waals surface area contributed by atoms with E-state index in [1.165, 1.54) is 56.1 Å². The Morgan fingerprint density at radius 1 is 0.395 bits per heavy atom. The van der Waals surface area contributed by atoms with Gasteiger partial charge in [0, 0.05) is 0 Å². The molecule has 0 radical (unpaired) electrons. The Hall–Kier alpha value is -1.18. The molecule has 0 saturated carbocycles. The number of aliphatic hydroxyl groups excluding tert-OH is 1. The highest BCUT2D eigenvalue weighted by molar-refractivity contribution is 5.22. The van der Waals surface area contributed by atoms with Crippen molar-refractivity contribution in [1.82, 2.24) is 0 Å². The third-order valence-electron chi connectivity index (χ3n) is 6.32. The van der Waals surface area contributed by atoms with Crippen molar-refractivity contribution in [3.05, 3.63) is 35.4 Å². The van der Waals surface area contributed by atoms with Crippen LogP contribution in [0.2, 0.25) is 0 Å². The Labute approximate surface area is 260 Å². The maximum absolute atomic E-state index is 8.58. The lowest BCUT2D eigenvalue weighted by Crippen LogP contribution is -2.15. The quantitative estimate of drug-likeness (QED) is 0.112. The molecule has 1 rings (SSSR count). The van der Waals surface area contributed by atoms with Crippen LogP contribution in [0, 0.1) is 0 Å². The maximum atomic E-state index is 8.58. The fourth-order valence-corrected chi connectivity index (χ4v) is 3.93. The normalized spacial score (nSPS) is 11.5. The zero-order valence-corrected chi connectivity index (χ0v) is 26.8. The Morgan fingerprint density at radius 3 is 1.12 bits per heavy atom. The van der Waals surface area contributed by atoms with Crippen LogP contribution in [0.25, 0.3) is 0 Å². The van der Waals surface area contributed by atoms with Crippen molar-refractivity contribution >= 4 is 0 Å². The first-order valence-electron chi connectivity index (χ1n) is 16.2. The number of rotatable bonds is 35. The van der Waals surface area contributed by atoms with Gasteiger partial charge in [0.15, 0.2) is 0 Å². The number of hydrogen-bond donors (Lipinski definition) is 1. The molecule has 0 aliphatic rings. The van der Waals surface area contributed by atoms with Crippen molar-refractivity contribution in [1.29, 1.82) is 0 Å². The van der Waals surface area contributed by atoms with Crippen LogP contribution >= 0.6 is 0 Å². The van der Waals surface area contributed by atoms with Gasteiger partial charge in [-0.25, -0.2) is 0 Å². The molecule has 0 bridgehead atoms. The number of aliphatic hydroxyl groups is 1. The van der Waals surface area contributed by atoms with Crippen LogP contribution in [0.4, 0.5) is 0 Å². The number of benzene rings is 1. The molecule has 0 saturated heterocycles. The van der Waals surface area contributed by atoms with E-state index in [2.05, 4.69) is 31.2 Å². The van der Waals surface area contributed by atoms with Crippen LogP contribution in [-0.4, -0.2) is 124 Å². The van der Waals surface area contributed by atoms with Gasteiger partial charge in [-0.05, 0) is 24.0 Å². The summed E-state index contributed by atoms with van der Waals surface area (Å²) in [7, 11) is 0. The van der Waals surface area contributed by atoms with Gasteiger partial charge < -0.3 is 47.7 Å². The van der Waals surface area contributed by atoms with Gasteiger partial charge in [0.05, 0.1) is 126 Å². The minimum Gasteiger partial charge on any atom is -0.394 e. The smallest absolute Gasteiger partial charge is 0.0718 e. The van der Waals surface area contributed by atoms with Crippen molar-refractivity contribution in [2.45, 2.75) is 58.5 Å². The van der Waals surface area contributed by atoms with Crippen LogP contribution in [0.15, 0.2) is 24.3 Å². The van der Waals surface area contributed by atoms with Crippen molar-refractivity contribution in [3.63, 3.8) is 0 Å². The molecule has 0 amide bonds. The minimum absolute atomic E-state index is 0.0300. The lowest BCUT2D eigenvalue weighted by Gasteiger charge is -2.09. The summed E-state index contributed by atoms with van der Waals surface area (Å²) in [5, 5.41) is 8.58. The highest BCUT2D eigenvalue weighted by atomic mass is 16.6. The average Bonchev–Trinajstić information content (AvgIpc) is 3.03. The monoisotopic (exact) mass is 616 g/mol. The number of hydrogen-bond acceptors (Lipinski definition) is 10. The second kappa shape index (κ2) is 33.7. The fraction of sp³-hybridized carbons (Fsp3) is 0.818. The summed E-state index contributed by atoms with van der Waals surface area (Å²) in [6.45, 7) is 11.6. The van der Waals surface area contributed by atoms with Gasteiger partial charge >= 0.3 is 0 Å². The molecule has 0 aliphatic heterocycles. The van der Waals surface area contributed by atoms with Gasteiger partial charge in [-0.15, -0.1) is 0 Å². The van der Waals surface area contributed by atoms with Crippen molar-refractivity contribution in [3.8, 4) is 0 Å². The van der Waals surface area contributed by atoms with Crippen LogP contribution in [0.5, 0.6) is 0 Å². The molecule has 0 aliphatic carbocycles. The third-order valence-corrected chi connectivity index (χ3v) is 6.32. The first kappa shape index (κ1) is 39.8. The Bertz CT molecular complexity index is 662. The number of aryl methyl sites for hydroxylation is 1. The van der Waals surface area contributed by atoms with Gasteiger partial charge in [-0.1, -0.05) is 63.3 Å². The van der Waals surface area contributed by atoms with Crippen molar-refractivity contribution in [2.24, 2.45) is 0 Å². The molecule has 0 heterocycles. The first-order chi connectivity index (χ1) is 21.4. The summed E-state index contributed by atoms with van der Waals surface area (Å²) in [5.74, 6) is 0. The van der Waals surface area contributed by atoms with Crippen molar-refractivity contribution in [2.75, 3.05) is 119 Å². The topological polar surface area (TPSA) is 103 Å². The Kier molecular flexibility index (Phi) is 31.2. The molecule has 10 nitrogen and oxygen atoms in total. The summed E-state index contributed by atoms with van der Waals surface area (Å²) in [6, 6.07) is 8.80. The van der Waals surface area contributed by atoms with Gasteiger partial charge in [-0.2, -0.15) is 0 Å². The molecule has 43 heavy (non-hydrogen) atoms. The molecule has 252 valence electrons. The van der Waals surface area contributed by atoms with Crippen LogP contribution in [0.1, 0.15) is 56.6 Å². The molecule has 1 N–H and O–H groups in total. The van der Waals surface area contributed by atoms with Crippen LogP contribution < -0.4 is 0 Å². The molecule has 0 spiro atoms. The molecule has 1 aromatic carbocycles.